The molecular weight excluding hydrogens is 190 g/mol. The molecule has 0 aliphatic heterocycles. The predicted molar refractivity (Wildman–Crippen MR) is 62.0 cm³/mol. The molecule has 0 spiro atoms. The normalized spacial score (nSPS) is 19.9. The van der Waals surface area contributed by atoms with Crippen molar-refractivity contribution in [1.29, 1.82) is 0 Å². The molecule has 0 aromatic rings. The van der Waals surface area contributed by atoms with Crippen molar-refractivity contribution >= 4 is 5.84 Å². The van der Waals surface area contributed by atoms with E-state index in [2.05, 4.69) is 23.9 Å². The van der Waals surface area contributed by atoms with Crippen LogP contribution in [0.25, 0.3) is 0 Å². The molecule has 0 aromatic heterocycles. The van der Waals surface area contributed by atoms with Crippen molar-refractivity contribution in [1.82, 2.24) is 4.90 Å². The van der Waals surface area contributed by atoms with Gasteiger partial charge in [-0.15, -0.1) is 0 Å². The molecule has 0 amide bonds. The molecule has 4 heteroatoms. The van der Waals surface area contributed by atoms with E-state index < -0.39 is 0 Å². The number of hydrogen-bond acceptors (Lipinski definition) is 3. The molecular formula is C11H23N3O. The van der Waals surface area contributed by atoms with E-state index in [1.165, 1.54) is 12.8 Å². The van der Waals surface area contributed by atoms with Gasteiger partial charge in [-0.05, 0) is 18.8 Å². The van der Waals surface area contributed by atoms with E-state index in [1.807, 2.05) is 6.92 Å². The van der Waals surface area contributed by atoms with Crippen molar-refractivity contribution in [2.24, 2.45) is 22.7 Å². The molecule has 1 saturated carbocycles. The first-order valence-corrected chi connectivity index (χ1v) is 5.76. The molecule has 1 fully saturated rings. The fraction of sp³-hybridized carbons (Fsp3) is 0.909. The average Bonchev–Trinajstić information content (AvgIpc) is 2.97. The predicted octanol–water partition coefficient (Wildman–Crippen LogP) is 1.49. The molecule has 1 unspecified atom stereocenters. The van der Waals surface area contributed by atoms with Gasteiger partial charge in [-0.1, -0.05) is 25.9 Å². The van der Waals surface area contributed by atoms with Crippen LogP contribution in [0.4, 0.5) is 0 Å². The molecule has 0 radical (unpaired) electrons. The highest BCUT2D eigenvalue weighted by Crippen LogP contribution is 2.28. The number of nitrogens with zero attached hydrogens (tertiary/aromatic N) is 2. The van der Waals surface area contributed by atoms with Gasteiger partial charge in [0.1, 0.15) is 5.84 Å². The van der Waals surface area contributed by atoms with Gasteiger partial charge in [-0.2, -0.15) is 0 Å². The van der Waals surface area contributed by atoms with Gasteiger partial charge in [-0.3, -0.25) is 4.90 Å². The second-order valence-electron chi connectivity index (χ2n) is 5.00. The zero-order chi connectivity index (χ0) is 11.4. The van der Waals surface area contributed by atoms with Crippen LogP contribution in [0.2, 0.25) is 0 Å². The smallest absolute Gasteiger partial charge is 0.143 e. The Balaban J connectivity index is 2.43. The first-order valence-electron chi connectivity index (χ1n) is 5.76. The zero-order valence-electron chi connectivity index (χ0n) is 9.98. The number of amidine groups is 1. The lowest BCUT2D eigenvalue weighted by Gasteiger charge is -2.26. The van der Waals surface area contributed by atoms with Gasteiger partial charge in [0.25, 0.3) is 0 Å². The monoisotopic (exact) mass is 213 g/mol. The third-order valence-corrected chi connectivity index (χ3v) is 2.79. The van der Waals surface area contributed by atoms with Crippen LogP contribution in [0.3, 0.4) is 0 Å². The SMILES string of the molecule is CC(C)CN(CC(C)C(N)=NO)C1CC1. The van der Waals surface area contributed by atoms with Crippen molar-refractivity contribution in [3.05, 3.63) is 0 Å². The largest absolute Gasteiger partial charge is 0.409 e. The van der Waals surface area contributed by atoms with Crippen LogP contribution in [0.1, 0.15) is 33.6 Å². The maximum Gasteiger partial charge on any atom is 0.143 e. The molecule has 88 valence electrons. The van der Waals surface area contributed by atoms with Gasteiger partial charge < -0.3 is 10.9 Å². The van der Waals surface area contributed by atoms with Gasteiger partial charge in [0.15, 0.2) is 0 Å². The summed E-state index contributed by atoms with van der Waals surface area (Å²) in [6.45, 7) is 8.46. The summed E-state index contributed by atoms with van der Waals surface area (Å²) >= 11 is 0. The quantitative estimate of drug-likeness (QED) is 0.304. The summed E-state index contributed by atoms with van der Waals surface area (Å²) < 4.78 is 0. The average molecular weight is 213 g/mol. The first-order chi connectivity index (χ1) is 7.04. The maximum absolute atomic E-state index is 8.60. The highest BCUT2D eigenvalue weighted by atomic mass is 16.4. The van der Waals surface area contributed by atoms with E-state index in [0.717, 1.165) is 19.1 Å². The topological polar surface area (TPSA) is 61.8 Å². The Labute approximate surface area is 92.1 Å². The van der Waals surface area contributed by atoms with Crippen molar-refractivity contribution in [3.8, 4) is 0 Å². The van der Waals surface area contributed by atoms with Crippen LogP contribution in [0.5, 0.6) is 0 Å². The van der Waals surface area contributed by atoms with Crippen molar-refractivity contribution < 1.29 is 5.21 Å². The Hall–Kier alpha value is -0.770. The maximum atomic E-state index is 8.60. The molecule has 1 aliphatic carbocycles. The summed E-state index contributed by atoms with van der Waals surface area (Å²) in [5.41, 5.74) is 5.59. The van der Waals surface area contributed by atoms with Gasteiger partial charge in [0.2, 0.25) is 0 Å². The van der Waals surface area contributed by atoms with Crippen LogP contribution in [-0.2, 0) is 0 Å². The second-order valence-corrected chi connectivity index (χ2v) is 5.00. The van der Waals surface area contributed by atoms with Crippen molar-refractivity contribution in [3.63, 3.8) is 0 Å². The van der Waals surface area contributed by atoms with E-state index in [-0.39, 0.29) is 5.92 Å². The Morgan fingerprint density at radius 1 is 1.40 bits per heavy atom. The van der Waals surface area contributed by atoms with E-state index >= 15 is 0 Å². The summed E-state index contributed by atoms with van der Waals surface area (Å²) in [5.74, 6) is 1.14. The second kappa shape index (κ2) is 5.35. The van der Waals surface area contributed by atoms with E-state index in [1.54, 1.807) is 0 Å². The van der Waals surface area contributed by atoms with Crippen LogP contribution < -0.4 is 5.73 Å². The minimum Gasteiger partial charge on any atom is -0.409 e. The summed E-state index contributed by atoms with van der Waals surface area (Å²) in [5, 5.41) is 11.7. The molecule has 0 saturated heterocycles. The van der Waals surface area contributed by atoms with Crippen LogP contribution >= 0.6 is 0 Å². The van der Waals surface area contributed by atoms with Gasteiger partial charge in [0.05, 0.1) is 0 Å². The fourth-order valence-corrected chi connectivity index (χ4v) is 1.83. The molecule has 3 N–H and O–H groups in total. The Morgan fingerprint density at radius 3 is 2.40 bits per heavy atom. The zero-order valence-corrected chi connectivity index (χ0v) is 9.98. The lowest BCUT2D eigenvalue weighted by atomic mass is 10.1. The van der Waals surface area contributed by atoms with Gasteiger partial charge in [0, 0.05) is 25.0 Å². The van der Waals surface area contributed by atoms with Gasteiger partial charge >= 0.3 is 0 Å². The number of rotatable bonds is 6. The molecule has 1 aliphatic rings. The highest BCUT2D eigenvalue weighted by molar-refractivity contribution is 5.82. The first kappa shape index (κ1) is 12.3. The molecule has 0 heterocycles. The molecule has 0 aromatic carbocycles. The van der Waals surface area contributed by atoms with E-state index in [4.69, 9.17) is 10.9 Å². The van der Waals surface area contributed by atoms with E-state index in [9.17, 15) is 0 Å². The van der Waals surface area contributed by atoms with Crippen LogP contribution in [-0.4, -0.2) is 35.1 Å². The summed E-state index contributed by atoms with van der Waals surface area (Å²) in [4.78, 5) is 2.47. The minimum atomic E-state index is 0.134. The number of hydrogen-bond donors (Lipinski definition) is 2. The fourth-order valence-electron chi connectivity index (χ4n) is 1.83. The third kappa shape index (κ3) is 4.08. The third-order valence-electron chi connectivity index (χ3n) is 2.79. The molecule has 4 nitrogen and oxygen atoms in total. The van der Waals surface area contributed by atoms with Crippen molar-refractivity contribution in [2.75, 3.05) is 13.1 Å². The summed E-state index contributed by atoms with van der Waals surface area (Å²) in [6, 6.07) is 0.737. The lowest BCUT2D eigenvalue weighted by molar-refractivity contribution is 0.219. The molecule has 1 rings (SSSR count). The lowest BCUT2D eigenvalue weighted by Crippen LogP contribution is -2.38. The van der Waals surface area contributed by atoms with Gasteiger partial charge in [-0.25, -0.2) is 0 Å². The van der Waals surface area contributed by atoms with Crippen molar-refractivity contribution in [2.45, 2.75) is 39.7 Å². The highest BCUT2D eigenvalue weighted by Gasteiger charge is 2.30. The molecule has 15 heavy (non-hydrogen) atoms. The summed E-state index contributed by atoms with van der Waals surface area (Å²) in [6.07, 6.45) is 2.60. The summed E-state index contributed by atoms with van der Waals surface area (Å²) in [7, 11) is 0. The Bertz CT molecular complexity index is 224. The Morgan fingerprint density at radius 2 is 2.00 bits per heavy atom. The number of nitrogens with two attached hydrogens (primary N) is 1. The van der Waals surface area contributed by atoms with E-state index in [0.29, 0.717) is 11.8 Å². The van der Waals surface area contributed by atoms with Crippen LogP contribution in [0.15, 0.2) is 5.16 Å². The Kier molecular flexibility index (Phi) is 4.39. The standard InChI is InChI=1S/C11H23N3O/c1-8(2)6-14(10-4-5-10)7-9(3)11(12)13-15/h8-10,15H,4-7H2,1-3H3,(H2,12,13). The number of oxime groups is 1. The minimum absolute atomic E-state index is 0.134. The van der Waals surface area contributed by atoms with Crippen LogP contribution in [0, 0.1) is 11.8 Å². The molecule has 0 bridgehead atoms. The molecule has 1 atom stereocenters.